The standard InChI is InChI=1S/C13H21NO3/c1-12(2)7-3-4-8-13(12,11(16)17)14(9-15)10-5-6-10/h9-10H,3-8H2,1-2H3,(H,16,17). The molecule has 1 N–H and O–H groups in total. The maximum absolute atomic E-state index is 11.8. The summed E-state index contributed by atoms with van der Waals surface area (Å²) in [6.45, 7) is 3.97. The van der Waals surface area contributed by atoms with Crippen LogP contribution in [0.3, 0.4) is 0 Å². The molecule has 1 atom stereocenters. The van der Waals surface area contributed by atoms with Gasteiger partial charge in [0.15, 0.2) is 0 Å². The molecule has 2 aliphatic rings. The van der Waals surface area contributed by atoms with Gasteiger partial charge in [-0.15, -0.1) is 0 Å². The molecule has 1 amide bonds. The monoisotopic (exact) mass is 239 g/mol. The Kier molecular flexibility index (Phi) is 2.92. The van der Waals surface area contributed by atoms with Gasteiger partial charge in [0.1, 0.15) is 5.54 Å². The third-order valence-corrected chi connectivity index (χ3v) is 4.56. The lowest BCUT2D eigenvalue weighted by molar-refractivity contribution is -0.170. The Morgan fingerprint density at radius 1 is 1.29 bits per heavy atom. The quantitative estimate of drug-likeness (QED) is 0.764. The Balaban J connectivity index is 2.42. The lowest BCUT2D eigenvalue weighted by atomic mass is 9.62. The van der Waals surface area contributed by atoms with Gasteiger partial charge in [-0.2, -0.15) is 0 Å². The second kappa shape index (κ2) is 4.00. The number of hydrogen-bond donors (Lipinski definition) is 1. The normalized spacial score (nSPS) is 31.9. The van der Waals surface area contributed by atoms with Gasteiger partial charge in [-0.3, -0.25) is 4.79 Å². The molecular formula is C13H21NO3. The highest BCUT2D eigenvalue weighted by Crippen LogP contribution is 2.50. The molecule has 0 aromatic carbocycles. The number of carboxylic acid groups (broad SMARTS) is 1. The Labute approximate surface area is 102 Å². The number of carboxylic acids is 1. The van der Waals surface area contributed by atoms with Crippen LogP contribution in [0.15, 0.2) is 0 Å². The minimum atomic E-state index is -0.992. The summed E-state index contributed by atoms with van der Waals surface area (Å²) in [5, 5.41) is 9.70. The van der Waals surface area contributed by atoms with E-state index in [0.717, 1.165) is 38.5 Å². The van der Waals surface area contributed by atoms with E-state index < -0.39 is 11.5 Å². The van der Waals surface area contributed by atoms with Crippen LogP contribution in [0, 0.1) is 5.41 Å². The van der Waals surface area contributed by atoms with E-state index in [0.29, 0.717) is 6.42 Å². The predicted octanol–water partition coefficient (Wildman–Crippen LogP) is 2.03. The van der Waals surface area contributed by atoms with E-state index in [1.807, 2.05) is 13.8 Å². The summed E-state index contributed by atoms with van der Waals surface area (Å²) >= 11 is 0. The van der Waals surface area contributed by atoms with Crippen LogP contribution < -0.4 is 0 Å². The van der Waals surface area contributed by atoms with Crippen molar-refractivity contribution in [2.24, 2.45) is 5.41 Å². The lowest BCUT2D eigenvalue weighted by Gasteiger charge is -2.52. The van der Waals surface area contributed by atoms with E-state index in [9.17, 15) is 14.7 Å². The predicted molar refractivity (Wildman–Crippen MR) is 63.5 cm³/mol. The Bertz CT molecular complexity index is 336. The van der Waals surface area contributed by atoms with E-state index in [1.54, 1.807) is 4.90 Å². The van der Waals surface area contributed by atoms with Crippen molar-refractivity contribution in [2.45, 2.75) is 64.0 Å². The first-order chi connectivity index (χ1) is 7.95. The molecule has 0 aromatic rings. The fourth-order valence-electron chi connectivity index (χ4n) is 3.32. The smallest absolute Gasteiger partial charge is 0.330 e. The molecule has 0 aliphatic heterocycles. The summed E-state index contributed by atoms with van der Waals surface area (Å²) in [5.74, 6) is -0.832. The lowest BCUT2D eigenvalue weighted by Crippen LogP contribution is -2.64. The second-order valence-electron chi connectivity index (χ2n) is 6.00. The first kappa shape index (κ1) is 12.4. The van der Waals surface area contributed by atoms with E-state index in [-0.39, 0.29) is 11.5 Å². The fourth-order valence-corrected chi connectivity index (χ4v) is 3.32. The molecule has 4 nitrogen and oxygen atoms in total. The highest BCUT2D eigenvalue weighted by Gasteiger charge is 2.59. The molecule has 1 unspecified atom stereocenters. The molecule has 0 saturated heterocycles. The van der Waals surface area contributed by atoms with Crippen molar-refractivity contribution in [3.63, 3.8) is 0 Å². The summed E-state index contributed by atoms with van der Waals surface area (Å²) in [6, 6.07) is 0.154. The van der Waals surface area contributed by atoms with Crippen LogP contribution in [-0.2, 0) is 9.59 Å². The third-order valence-electron chi connectivity index (χ3n) is 4.56. The van der Waals surface area contributed by atoms with Crippen LogP contribution in [0.5, 0.6) is 0 Å². The zero-order chi connectivity index (χ0) is 12.7. The number of hydrogen-bond acceptors (Lipinski definition) is 2. The molecule has 4 heteroatoms. The third kappa shape index (κ3) is 1.74. The van der Waals surface area contributed by atoms with Crippen LogP contribution in [0.25, 0.3) is 0 Å². The number of nitrogens with zero attached hydrogens (tertiary/aromatic N) is 1. The minimum absolute atomic E-state index is 0.154. The van der Waals surface area contributed by atoms with Crippen molar-refractivity contribution >= 4 is 12.4 Å². The fraction of sp³-hybridized carbons (Fsp3) is 0.846. The van der Waals surface area contributed by atoms with E-state index in [4.69, 9.17) is 0 Å². The molecule has 2 fully saturated rings. The number of carbonyl (C=O) groups is 2. The average Bonchev–Trinajstić information content (AvgIpc) is 3.05. The van der Waals surface area contributed by atoms with Crippen molar-refractivity contribution in [1.29, 1.82) is 0 Å². The van der Waals surface area contributed by atoms with E-state index in [1.165, 1.54) is 0 Å². The molecule has 0 heterocycles. The molecule has 2 rings (SSSR count). The van der Waals surface area contributed by atoms with Crippen molar-refractivity contribution in [3.05, 3.63) is 0 Å². The molecule has 96 valence electrons. The van der Waals surface area contributed by atoms with Crippen molar-refractivity contribution < 1.29 is 14.7 Å². The largest absolute Gasteiger partial charge is 0.479 e. The summed E-state index contributed by atoms with van der Waals surface area (Å²) in [4.78, 5) is 24.8. The van der Waals surface area contributed by atoms with Gasteiger partial charge in [0.2, 0.25) is 6.41 Å². The van der Waals surface area contributed by atoms with E-state index in [2.05, 4.69) is 0 Å². The van der Waals surface area contributed by atoms with Crippen LogP contribution in [-0.4, -0.2) is 34.0 Å². The molecular weight excluding hydrogens is 218 g/mol. The average molecular weight is 239 g/mol. The molecule has 2 saturated carbocycles. The Morgan fingerprint density at radius 3 is 2.29 bits per heavy atom. The van der Waals surface area contributed by atoms with Crippen LogP contribution in [0.2, 0.25) is 0 Å². The van der Waals surface area contributed by atoms with Crippen LogP contribution in [0.4, 0.5) is 0 Å². The van der Waals surface area contributed by atoms with E-state index >= 15 is 0 Å². The van der Waals surface area contributed by atoms with Gasteiger partial charge in [0.25, 0.3) is 0 Å². The van der Waals surface area contributed by atoms with Gasteiger partial charge in [0, 0.05) is 6.04 Å². The van der Waals surface area contributed by atoms with Crippen molar-refractivity contribution in [1.82, 2.24) is 4.90 Å². The SMILES string of the molecule is CC1(C)CCCCC1(C(=O)O)N(C=O)C1CC1. The maximum Gasteiger partial charge on any atom is 0.330 e. The molecule has 17 heavy (non-hydrogen) atoms. The van der Waals surface area contributed by atoms with Gasteiger partial charge < -0.3 is 10.0 Å². The molecule has 2 aliphatic carbocycles. The number of rotatable bonds is 4. The molecule has 0 spiro atoms. The number of aliphatic carboxylic acids is 1. The number of amides is 1. The van der Waals surface area contributed by atoms with Gasteiger partial charge in [-0.05, 0) is 31.1 Å². The molecule has 0 aromatic heterocycles. The zero-order valence-electron chi connectivity index (χ0n) is 10.6. The summed E-state index contributed by atoms with van der Waals surface area (Å²) < 4.78 is 0. The topological polar surface area (TPSA) is 57.6 Å². The highest BCUT2D eigenvalue weighted by atomic mass is 16.4. The van der Waals surface area contributed by atoms with Crippen molar-refractivity contribution in [3.8, 4) is 0 Å². The van der Waals surface area contributed by atoms with Gasteiger partial charge in [-0.25, -0.2) is 4.79 Å². The maximum atomic E-state index is 11.8. The van der Waals surface area contributed by atoms with Gasteiger partial charge in [0.05, 0.1) is 0 Å². The first-order valence-corrected chi connectivity index (χ1v) is 6.43. The molecule has 0 bridgehead atoms. The first-order valence-electron chi connectivity index (χ1n) is 6.43. The Morgan fingerprint density at radius 2 is 1.88 bits per heavy atom. The van der Waals surface area contributed by atoms with Gasteiger partial charge >= 0.3 is 5.97 Å². The second-order valence-corrected chi connectivity index (χ2v) is 6.00. The number of carbonyl (C=O) groups excluding carboxylic acids is 1. The summed E-state index contributed by atoms with van der Waals surface area (Å²) in [7, 11) is 0. The van der Waals surface area contributed by atoms with Crippen LogP contribution in [0.1, 0.15) is 52.4 Å². The van der Waals surface area contributed by atoms with Gasteiger partial charge in [-0.1, -0.05) is 26.7 Å². The van der Waals surface area contributed by atoms with Crippen LogP contribution >= 0.6 is 0 Å². The molecule has 0 radical (unpaired) electrons. The highest BCUT2D eigenvalue weighted by molar-refractivity contribution is 5.83. The zero-order valence-corrected chi connectivity index (χ0v) is 10.6. The van der Waals surface area contributed by atoms with Crippen molar-refractivity contribution in [2.75, 3.05) is 0 Å². The Hall–Kier alpha value is -1.06. The summed E-state index contributed by atoms with van der Waals surface area (Å²) in [5.41, 5.74) is -1.34. The summed E-state index contributed by atoms with van der Waals surface area (Å²) in [6.07, 6.45) is 6.07. The minimum Gasteiger partial charge on any atom is -0.479 e.